The standard InChI is InChI=1S/C17H18O4/c1-12(2)17(18)21-10-9-20-16-6-4-5-13-11-14(19-3)7-8-15(13)16/h4-8,11H,1,9-10H2,2-3H3. The Kier molecular flexibility index (Phi) is 4.82. The normalized spacial score (nSPS) is 10.2. The maximum Gasteiger partial charge on any atom is 0.333 e. The third-order valence-corrected chi connectivity index (χ3v) is 2.97. The molecular weight excluding hydrogens is 268 g/mol. The summed E-state index contributed by atoms with van der Waals surface area (Å²) in [7, 11) is 1.64. The van der Waals surface area contributed by atoms with E-state index in [0.29, 0.717) is 12.2 Å². The molecule has 2 rings (SSSR count). The van der Waals surface area contributed by atoms with Crippen LogP contribution in [0.5, 0.6) is 11.5 Å². The van der Waals surface area contributed by atoms with Crippen LogP contribution in [0.4, 0.5) is 0 Å². The second-order valence-corrected chi connectivity index (χ2v) is 4.61. The Morgan fingerprint density at radius 3 is 2.71 bits per heavy atom. The van der Waals surface area contributed by atoms with Crippen LogP contribution in [-0.4, -0.2) is 26.3 Å². The third-order valence-electron chi connectivity index (χ3n) is 2.97. The number of benzene rings is 2. The Bertz CT molecular complexity index is 661. The predicted octanol–water partition coefficient (Wildman–Crippen LogP) is 3.35. The van der Waals surface area contributed by atoms with Gasteiger partial charge in [0, 0.05) is 11.0 Å². The average molecular weight is 286 g/mol. The van der Waals surface area contributed by atoms with Gasteiger partial charge in [0.25, 0.3) is 0 Å². The number of methoxy groups -OCH3 is 1. The molecule has 0 aromatic heterocycles. The van der Waals surface area contributed by atoms with E-state index >= 15 is 0 Å². The molecule has 0 aliphatic heterocycles. The minimum absolute atomic E-state index is 0.193. The first kappa shape index (κ1) is 14.9. The molecule has 4 nitrogen and oxygen atoms in total. The summed E-state index contributed by atoms with van der Waals surface area (Å²) in [5.74, 6) is 1.15. The van der Waals surface area contributed by atoms with Gasteiger partial charge in [0.15, 0.2) is 0 Å². The third kappa shape index (κ3) is 3.75. The molecule has 0 saturated heterocycles. The van der Waals surface area contributed by atoms with E-state index in [-0.39, 0.29) is 6.61 Å². The summed E-state index contributed by atoms with van der Waals surface area (Å²) in [5, 5.41) is 2.02. The van der Waals surface area contributed by atoms with Gasteiger partial charge in [-0.05, 0) is 36.6 Å². The van der Waals surface area contributed by atoms with Crippen molar-refractivity contribution in [2.75, 3.05) is 20.3 Å². The Morgan fingerprint density at radius 1 is 1.19 bits per heavy atom. The molecule has 0 aliphatic rings. The van der Waals surface area contributed by atoms with E-state index < -0.39 is 5.97 Å². The summed E-state index contributed by atoms with van der Waals surface area (Å²) >= 11 is 0. The lowest BCUT2D eigenvalue weighted by molar-refractivity contribution is -0.139. The van der Waals surface area contributed by atoms with Gasteiger partial charge < -0.3 is 14.2 Å². The topological polar surface area (TPSA) is 44.8 Å². The van der Waals surface area contributed by atoms with Crippen molar-refractivity contribution in [1.29, 1.82) is 0 Å². The molecule has 0 heterocycles. The highest BCUT2D eigenvalue weighted by Crippen LogP contribution is 2.28. The van der Waals surface area contributed by atoms with Crippen molar-refractivity contribution < 1.29 is 19.0 Å². The lowest BCUT2D eigenvalue weighted by Gasteiger charge is -2.10. The van der Waals surface area contributed by atoms with E-state index in [1.165, 1.54) is 0 Å². The Balaban J connectivity index is 2.02. The summed E-state index contributed by atoms with van der Waals surface area (Å²) in [4.78, 5) is 11.2. The van der Waals surface area contributed by atoms with E-state index in [1.54, 1.807) is 14.0 Å². The van der Waals surface area contributed by atoms with Crippen LogP contribution >= 0.6 is 0 Å². The van der Waals surface area contributed by atoms with Gasteiger partial charge >= 0.3 is 5.97 Å². The first-order chi connectivity index (χ1) is 10.1. The molecular formula is C17H18O4. The van der Waals surface area contributed by atoms with Crippen LogP contribution in [-0.2, 0) is 9.53 Å². The monoisotopic (exact) mass is 286 g/mol. The summed E-state index contributed by atoms with van der Waals surface area (Å²) in [6.07, 6.45) is 0. The van der Waals surface area contributed by atoms with E-state index in [1.807, 2.05) is 36.4 Å². The zero-order valence-electron chi connectivity index (χ0n) is 12.2. The van der Waals surface area contributed by atoms with Gasteiger partial charge in [-0.1, -0.05) is 18.7 Å². The summed E-state index contributed by atoms with van der Waals surface area (Å²) < 4.78 is 15.9. The smallest absolute Gasteiger partial charge is 0.333 e. The van der Waals surface area contributed by atoms with Gasteiger partial charge in [0.2, 0.25) is 0 Å². The molecule has 0 unspecified atom stereocenters. The van der Waals surface area contributed by atoms with Gasteiger partial charge in [-0.15, -0.1) is 0 Å². The molecule has 2 aromatic rings. The number of hydrogen-bond acceptors (Lipinski definition) is 4. The quantitative estimate of drug-likeness (QED) is 0.464. The number of carbonyl (C=O) groups excluding carboxylic acids is 1. The van der Waals surface area contributed by atoms with Crippen LogP contribution in [0.25, 0.3) is 10.8 Å². The largest absolute Gasteiger partial charge is 0.497 e. The van der Waals surface area contributed by atoms with Crippen molar-refractivity contribution >= 4 is 16.7 Å². The van der Waals surface area contributed by atoms with Crippen molar-refractivity contribution in [2.45, 2.75) is 6.92 Å². The second kappa shape index (κ2) is 6.79. The van der Waals surface area contributed by atoms with Crippen LogP contribution in [0.15, 0.2) is 48.6 Å². The van der Waals surface area contributed by atoms with Gasteiger partial charge in [-0.3, -0.25) is 0 Å². The fourth-order valence-electron chi connectivity index (χ4n) is 1.89. The van der Waals surface area contributed by atoms with E-state index in [9.17, 15) is 4.79 Å². The number of esters is 1. The number of carbonyl (C=O) groups is 1. The summed E-state index contributed by atoms with van der Waals surface area (Å²) in [6.45, 7) is 5.62. The molecule has 21 heavy (non-hydrogen) atoms. The number of rotatable bonds is 6. The highest BCUT2D eigenvalue weighted by Gasteiger charge is 2.05. The number of ether oxygens (including phenoxy) is 3. The maximum absolute atomic E-state index is 11.2. The Morgan fingerprint density at radius 2 is 2.00 bits per heavy atom. The summed E-state index contributed by atoms with van der Waals surface area (Å²) in [5.41, 5.74) is 0.382. The molecule has 0 spiro atoms. The lowest BCUT2D eigenvalue weighted by atomic mass is 10.1. The van der Waals surface area contributed by atoms with Crippen molar-refractivity contribution in [3.8, 4) is 11.5 Å². The molecule has 0 radical (unpaired) electrons. The minimum atomic E-state index is -0.402. The van der Waals surface area contributed by atoms with E-state index in [2.05, 4.69) is 6.58 Å². The number of fused-ring (bicyclic) bond motifs is 1. The Hall–Kier alpha value is -2.49. The molecule has 0 amide bonds. The first-order valence-electron chi connectivity index (χ1n) is 6.64. The van der Waals surface area contributed by atoms with Gasteiger partial charge in [0.05, 0.1) is 7.11 Å². The number of hydrogen-bond donors (Lipinski definition) is 0. The second-order valence-electron chi connectivity index (χ2n) is 4.61. The SMILES string of the molecule is C=C(C)C(=O)OCCOc1cccc2cc(OC)ccc12. The maximum atomic E-state index is 11.2. The van der Waals surface area contributed by atoms with E-state index in [4.69, 9.17) is 14.2 Å². The molecule has 0 atom stereocenters. The fourth-order valence-corrected chi connectivity index (χ4v) is 1.89. The van der Waals surface area contributed by atoms with E-state index in [0.717, 1.165) is 22.3 Å². The highest BCUT2D eigenvalue weighted by atomic mass is 16.6. The zero-order chi connectivity index (χ0) is 15.2. The van der Waals surface area contributed by atoms with Crippen LogP contribution in [0.2, 0.25) is 0 Å². The zero-order valence-corrected chi connectivity index (χ0v) is 12.2. The fraction of sp³-hybridized carbons (Fsp3) is 0.235. The van der Waals surface area contributed by atoms with Gasteiger partial charge in [-0.25, -0.2) is 4.79 Å². The minimum Gasteiger partial charge on any atom is -0.497 e. The van der Waals surface area contributed by atoms with Crippen molar-refractivity contribution in [1.82, 2.24) is 0 Å². The molecule has 0 aliphatic carbocycles. The van der Waals surface area contributed by atoms with Crippen LogP contribution in [0.3, 0.4) is 0 Å². The highest BCUT2D eigenvalue weighted by molar-refractivity contribution is 5.89. The molecule has 0 N–H and O–H groups in total. The van der Waals surface area contributed by atoms with Gasteiger partial charge in [0.1, 0.15) is 24.7 Å². The van der Waals surface area contributed by atoms with Crippen LogP contribution in [0, 0.1) is 0 Å². The van der Waals surface area contributed by atoms with Gasteiger partial charge in [-0.2, -0.15) is 0 Å². The molecule has 0 fully saturated rings. The molecule has 2 aromatic carbocycles. The van der Waals surface area contributed by atoms with Crippen LogP contribution in [0.1, 0.15) is 6.92 Å². The molecule has 110 valence electrons. The first-order valence-corrected chi connectivity index (χ1v) is 6.64. The summed E-state index contributed by atoms with van der Waals surface area (Å²) in [6, 6.07) is 11.6. The predicted molar refractivity (Wildman–Crippen MR) is 81.8 cm³/mol. The van der Waals surface area contributed by atoms with Crippen molar-refractivity contribution in [3.63, 3.8) is 0 Å². The molecule has 0 bridgehead atoms. The molecule has 4 heteroatoms. The van der Waals surface area contributed by atoms with Crippen LogP contribution < -0.4 is 9.47 Å². The Labute approximate surface area is 123 Å². The van der Waals surface area contributed by atoms with Crippen molar-refractivity contribution in [2.24, 2.45) is 0 Å². The van der Waals surface area contributed by atoms with Crippen molar-refractivity contribution in [3.05, 3.63) is 48.6 Å². The average Bonchev–Trinajstić information content (AvgIpc) is 2.50. The molecule has 0 saturated carbocycles. The lowest BCUT2D eigenvalue weighted by Crippen LogP contribution is -2.12.